The number of hydrogen-bond donors (Lipinski definition) is 0. The van der Waals surface area contributed by atoms with Crippen molar-refractivity contribution in [1.82, 2.24) is 10.1 Å². The zero-order valence-corrected chi connectivity index (χ0v) is 17.8. The highest BCUT2D eigenvalue weighted by Gasteiger charge is 2.35. The minimum atomic E-state index is -0.179. The van der Waals surface area contributed by atoms with Crippen molar-refractivity contribution < 1.29 is 18.8 Å². The molecule has 3 aromatic rings. The van der Waals surface area contributed by atoms with Crippen LogP contribution in [0.15, 0.2) is 40.9 Å². The highest BCUT2D eigenvalue weighted by Crippen LogP contribution is 2.36. The van der Waals surface area contributed by atoms with Crippen molar-refractivity contribution in [3.05, 3.63) is 52.9 Å². The van der Waals surface area contributed by atoms with E-state index in [-0.39, 0.29) is 11.8 Å². The number of ether oxygens (including phenoxy) is 2. The van der Waals surface area contributed by atoms with Gasteiger partial charge < -0.3 is 18.9 Å². The molecule has 1 aliphatic heterocycles. The van der Waals surface area contributed by atoms with Crippen molar-refractivity contribution in [2.45, 2.75) is 26.2 Å². The molecule has 0 saturated carbocycles. The Bertz CT molecular complexity index is 1080. The van der Waals surface area contributed by atoms with E-state index in [4.69, 9.17) is 25.6 Å². The number of carbonyl (C=O) groups excluding carboxylic acids is 1. The number of nitrogens with zero attached hydrogens (tertiary/aromatic N) is 3. The summed E-state index contributed by atoms with van der Waals surface area (Å²) in [5.41, 5.74) is 2.55. The largest absolute Gasteiger partial charge is 0.493 e. The number of aryl methyl sites for hydroxylation is 1. The van der Waals surface area contributed by atoms with Crippen LogP contribution in [0.5, 0.6) is 11.5 Å². The van der Waals surface area contributed by atoms with Gasteiger partial charge in [0.05, 0.1) is 19.6 Å². The molecule has 1 atom stereocenters. The van der Waals surface area contributed by atoms with Crippen LogP contribution in [0.3, 0.4) is 0 Å². The number of rotatable bonds is 6. The third kappa shape index (κ3) is 3.85. The van der Waals surface area contributed by atoms with Gasteiger partial charge in [-0.3, -0.25) is 4.79 Å². The fraction of sp³-hybridized carbons (Fsp3) is 0.318. The molecule has 156 valence electrons. The number of anilines is 1. The molecule has 0 aliphatic carbocycles. The van der Waals surface area contributed by atoms with Crippen LogP contribution in [-0.2, 0) is 4.79 Å². The fourth-order valence-corrected chi connectivity index (χ4v) is 3.75. The summed E-state index contributed by atoms with van der Waals surface area (Å²) in [5, 5.41) is 4.70. The second-order valence-corrected chi connectivity index (χ2v) is 7.53. The van der Waals surface area contributed by atoms with Gasteiger partial charge in [0, 0.05) is 29.2 Å². The lowest BCUT2D eigenvalue weighted by Gasteiger charge is -2.18. The van der Waals surface area contributed by atoms with E-state index >= 15 is 0 Å². The van der Waals surface area contributed by atoms with Crippen molar-refractivity contribution in [2.24, 2.45) is 0 Å². The first-order valence-electron chi connectivity index (χ1n) is 9.71. The number of amides is 1. The van der Waals surface area contributed by atoms with E-state index in [0.717, 1.165) is 16.8 Å². The molecule has 1 aliphatic rings. The first-order chi connectivity index (χ1) is 14.5. The van der Waals surface area contributed by atoms with Gasteiger partial charge in [-0.15, -0.1) is 0 Å². The van der Waals surface area contributed by atoms with Gasteiger partial charge in [-0.25, -0.2) is 0 Å². The summed E-state index contributed by atoms with van der Waals surface area (Å²) in [6.07, 6.45) is 0.306. The smallest absolute Gasteiger partial charge is 0.232 e. The molecular formula is C22H22ClN3O4. The third-order valence-electron chi connectivity index (χ3n) is 5.10. The normalized spacial score (nSPS) is 16.2. The molecule has 8 heteroatoms. The number of methoxy groups -OCH3 is 1. The summed E-state index contributed by atoms with van der Waals surface area (Å²) in [6, 6.07) is 11.0. The zero-order valence-electron chi connectivity index (χ0n) is 17.0. The Labute approximate surface area is 179 Å². The Balaban J connectivity index is 1.56. The van der Waals surface area contributed by atoms with E-state index < -0.39 is 0 Å². The quantitative estimate of drug-likeness (QED) is 0.571. The Morgan fingerprint density at radius 1 is 1.23 bits per heavy atom. The van der Waals surface area contributed by atoms with Crippen LogP contribution in [0.25, 0.3) is 11.4 Å². The molecule has 0 N–H and O–H groups in total. The van der Waals surface area contributed by atoms with Gasteiger partial charge in [0.2, 0.25) is 17.6 Å². The van der Waals surface area contributed by atoms with Crippen LogP contribution in [0.2, 0.25) is 5.02 Å². The average Bonchev–Trinajstić information content (AvgIpc) is 3.37. The molecular weight excluding hydrogens is 406 g/mol. The van der Waals surface area contributed by atoms with Gasteiger partial charge in [0.15, 0.2) is 11.5 Å². The summed E-state index contributed by atoms with van der Waals surface area (Å²) in [7, 11) is 1.58. The molecule has 1 fully saturated rings. The molecule has 7 nitrogen and oxygen atoms in total. The van der Waals surface area contributed by atoms with Crippen LogP contribution < -0.4 is 14.4 Å². The summed E-state index contributed by atoms with van der Waals surface area (Å²) in [6.45, 7) is 4.88. The monoisotopic (exact) mass is 427 g/mol. The summed E-state index contributed by atoms with van der Waals surface area (Å²) >= 11 is 6.13. The molecule has 1 unspecified atom stereocenters. The number of hydrogen-bond acceptors (Lipinski definition) is 6. The topological polar surface area (TPSA) is 77.7 Å². The molecule has 4 rings (SSSR count). The first kappa shape index (κ1) is 20.2. The number of benzene rings is 2. The Kier molecular flexibility index (Phi) is 5.63. The third-order valence-corrected chi connectivity index (χ3v) is 5.33. The van der Waals surface area contributed by atoms with Crippen molar-refractivity contribution >= 4 is 23.2 Å². The standard InChI is InChI=1S/C22H22ClN3O4/c1-4-29-18-8-6-14(9-19(18)28-3)21-24-22(30-25-21)15-10-20(27)26(12-15)17-11-16(23)7-5-13(17)2/h5-9,11,15H,4,10,12H2,1-3H3. The van der Waals surface area contributed by atoms with Gasteiger partial charge in [0.25, 0.3) is 0 Å². The van der Waals surface area contributed by atoms with Crippen molar-refractivity contribution in [3.63, 3.8) is 0 Å². The Hall–Kier alpha value is -3.06. The molecule has 1 aromatic heterocycles. The summed E-state index contributed by atoms with van der Waals surface area (Å²) in [4.78, 5) is 18.9. The van der Waals surface area contributed by atoms with Crippen molar-refractivity contribution in [3.8, 4) is 22.9 Å². The first-order valence-corrected chi connectivity index (χ1v) is 10.1. The lowest BCUT2D eigenvalue weighted by molar-refractivity contribution is -0.117. The van der Waals surface area contributed by atoms with E-state index in [9.17, 15) is 4.79 Å². The van der Waals surface area contributed by atoms with E-state index in [0.29, 0.717) is 47.8 Å². The molecule has 0 radical (unpaired) electrons. The molecule has 2 aromatic carbocycles. The number of aromatic nitrogens is 2. The maximum absolute atomic E-state index is 12.6. The van der Waals surface area contributed by atoms with E-state index in [2.05, 4.69) is 10.1 Å². The minimum absolute atomic E-state index is 0.00727. The second-order valence-electron chi connectivity index (χ2n) is 7.09. The lowest BCUT2D eigenvalue weighted by atomic mass is 10.1. The maximum Gasteiger partial charge on any atom is 0.232 e. The van der Waals surface area contributed by atoms with E-state index in [1.807, 2.05) is 44.2 Å². The number of carbonyl (C=O) groups is 1. The highest BCUT2D eigenvalue weighted by atomic mass is 35.5. The van der Waals surface area contributed by atoms with E-state index in [1.54, 1.807) is 18.1 Å². The van der Waals surface area contributed by atoms with E-state index in [1.165, 1.54) is 0 Å². The second kappa shape index (κ2) is 8.36. The molecule has 0 spiro atoms. The molecule has 2 heterocycles. The fourth-order valence-electron chi connectivity index (χ4n) is 3.58. The molecule has 0 bridgehead atoms. The molecule has 1 saturated heterocycles. The maximum atomic E-state index is 12.6. The Morgan fingerprint density at radius 2 is 2.07 bits per heavy atom. The summed E-state index contributed by atoms with van der Waals surface area (Å²) < 4.78 is 16.4. The Morgan fingerprint density at radius 3 is 2.83 bits per heavy atom. The number of halogens is 1. The summed E-state index contributed by atoms with van der Waals surface area (Å²) in [5.74, 6) is 1.96. The van der Waals surface area contributed by atoms with Crippen LogP contribution in [0, 0.1) is 6.92 Å². The zero-order chi connectivity index (χ0) is 21.3. The van der Waals surface area contributed by atoms with Gasteiger partial charge in [-0.2, -0.15) is 4.98 Å². The van der Waals surface area contributed by atoms with Crippen molar-refractivity contribution in [2.75, 3.05) is 25.2 Å². The highest BCUT2D eigenvalue weighted by molar-refractivity contribution is 6.31. The lowest BCUT2D eigenvalue weighted by Crippen LogP contribution is -2.25. The average molecular weight is 428 g/mol. The predicted octanol–water partition coefficient (Wildman–Crippen LogP) is 4.63. The minimum Gasteiger partial charge on any atom is -0.493 e. The van der Waals surface area contributed by atoms with Crippen LogP contribution in [-0.4, -0.2) is 36.3 Å². The van der Waals surface area contributed by atoms with Crippen molar-refractivity contribution in [1.29, 1.82) is 0 Å². The SMILES string of the molecule is CCOc1ccc(-c2noc(C3CC(=O)N(c4cc(Cl)ccc4C)C3)n2)cc1OC. The predicted molar refractivity (Wildman–Crippen MR) is 113 cm³/mol. The van der Waals surface area contributed by atoms with Crippen LogP contribution in [0.4, 0.5) is 5.69 Å². The molecule has 1 amide bonds. The van der Waals surface area contributed by atoms with Crippen LogP contribution >= 0.6 is 11.6 Å². The van der Waals surface area contributed by atoms with Gasteiger partial charge in [-0.1, -0.05) is 22.8 Å². The van der Waals surface area contributed by atoms with Gasteiger partial charge in [0.1, 0.15) is 0 Å². The van der Waals surface area contributed by atoms with Gasteiger partial charge in [-0.05, 0) is 49.7 Å². The van der Waals surface area contributed by atoms with Crippen LogP contribution in [0.1, 0.15) is 30.7 Å². The molecule has 30 heavy (non-hydrogen) atoms. The van der Waals surface area contributed by atoms with Gasteiger partial charge >= 0.3 is 0 Å².